The van der Waals surface area contributed by atoms with E-state index < -0.39 is 5.97 Å². The van der Waals surface area contributed by atoms with Crippen molar-refractivity contribution in [3.8, 4) is 10.4 Å². The summed E-state index contributed by atoms with van der Waals surface area (Å²) in [7, 11) is 0. The monoisotopic (exact) mass is 462 g/mol. The van der Waals surface area contributed by atoms with E-state index in [0.29, 0.717) is 29.1 Å². The summed E-state index contributed by atoms with van der Waals surface area (Å²) >= 11 is 1.29. The summed E-state index contributed by atoms with van der Waals surface area (Å²) in [6, 6.07) is 17.0. The Bertz CT molecular complexity index is 1180. The lowest BCUT2D eigenvalue weighted by Gasteiger charge is -2.16. The van der Waals surface area contributed by atoms with Gasteiger partial charge in [-0.3, -0.25) is 9.59 Å². The molecule has 0 atom stereocenters. The highest BCUT2D eigenvalue weighted by atomic mass is 32.1. The second kappa shape index (κ2) is 10.0. The van der Waals surface area contributed by atoms with Crippen LogP contribution in [0.4, 0.5) is 5.69 Å². The minimum Gasteiger partial charge on any atom is -0.462 e. The summed E-state index contributed by atoms with van der Waals surface area (Å²) in [5, 5.41) is 2.89. The van der Waals surface area contributed by atoms with Gasteiger partial charge in [-0.15, -0.1) is 11.3 Å². The average Bonchev–Trinajstić information content (AvgIpc) is 3.41. The van der Waals surface area contributed by atoms with Crippen molar-refractivity contribution in [2.24, 2.45) is 0 Å². The molecule has 2 heterocycles. The van der Waals surface area contributed by atoms with Crippen LogP contribution in [-0.4, -0.2) is 35.8 Å². The van der Waals surface area contributed by atoms with Crippen LogP contribution in [0.1, 0.15) is 50.9 Å². The molecule has 0 unspecified atom stereocenters. The fourth-order valence-corrected chi connectivity index (χ4v) is 4.80. The van der Waals surface area contributed by atoms with Crippen LogP contribution >= 0.6 is 11.3 Å². The van der Waals surface area contributed by atoms with Crippen LogP contribution in [0.5, 0.6) is 0 Å². The molecular formula is C26H26N2O4S. The first kappa shape index (κ1) is 22.7. The van der Waals surface area contributed by atoms with Gasteiger partial charge in [0.05, 0.1) is 12.3 Å². The van der Waals surface area contributed by atoms with Crippen molar-refractivity contribution in [2.45, 2.75) is 33.2 Å². The molecule has 4 rings (SSSR count). The van der Waals surface area contributed by atoms with Gasteiger partial charge in [-0.2, -0.15) is 0 Å². The molecule has 0 bridgehead atoms. The van der Waals surface area contributed by atoms with Crippen LogP contribution in [0.15, 0.2) is 54.6 Å². The zero-order chi connectivity index (χ0) is 23.4. The zero-order valence-corrected chi connectivity index (χ0v) is 19.5. The predicted octanol–water partition coefficient (Wildman–Crippen LogP) is 5.27. The normalized spacial score (nSPS) is 13.3. The number of aryl methyl sites for hydroxylation is 1. The average molecular weight is 463 g/mol. The molecule has 0 radical (unpaired) electrons. The Morgan fingerprint density at radius 2 is 1.91 bits per heavy atom. The molecule has 1 aliphatic heterocycles. The van der Waals surface area contributed by atoms with Crippen LogP contribution in [0.25, 0.3) is 10.4 Å². The number of esters is 1. The number of nitrogens with zero attached hydrogens (tertiary/aromatic N) is 1. The van der Waals surface area contributed by atoms with Crippen molar-refractivity contribution in [3.05, 3.63) is 76.2 Å². The number of anilines is 1. The molecule has 6 nitrogen and oxygen atoms in total. The highest BCUT2D eigenvalue weighted by molar-refractivity contribution is 7.18. The van der Waals surface area contributed by atoms with Crippen LogP contribution in [0.2, 0.25) is 0 Å². The highest BCUT2D eigenvalue weighted by Crippen LogP contribution is 2.36. The molecule has 170 valence electrons. The summed E-state index contributed by atoms with van der Waals surface area (Å²) < 4.78 is 5.21. The van der Waals surface area contributed by atoms with E-state index in [-0.39, 0.29) is 18.4 Å². The van der Waals surface area contributed by atoms with E-state index in [1.165, 1.54) is 11.3 Å². The van der Waals surface area contributed by atoms with Crippen molar-refractivity contribution in [1.29, 1.82) is 0 Å². The fourth-order valence-electron chi connectivity index (χ4n) is 3.79. The Balaban J connectivity index is 1.57. The number of rotatable bonds is 7. The Labute approximate surface area is 197 Å². The van der Waals surface area contributed by atoms with Crippen LogP contribution in [-0.2, 0) is 16.1 Å². The molecule has 2 amide bonds. The Morgan fingerprint density at radius 3 is 2.61 bits per heavy atom. The number of thiophene rings is 1. The Morgan fingerprint density at radius 1 is 1.12 bits per heavy atom. The highest BCUT2D eigenvalue weighted by Gasteiger charge is 2.22. The second-order valence-electron chi connectivity index (χ2n) is 8.01. The molecule has 1 aliphatic rings. The number of amides is 2. The summed E-state index contributed by atoms with van der Waals surface area (Å²) in [5.74, 6) is -0.633. The molecule has 7 heteroatoms. The molecule has 3 aromatic rings. The first-order valence-corrected chi connectivity index (χ1v) is 11.8. The molecule has 0 saturated carbocycles. The Hall–Kier alpha value is -3.45. The van der Waals surface area contributed by atoms with Crippen LogP contribution in [0, 0.1) is 6.92 Å². The summed E-state index contributed by atoms with van der Waals surface area (Å²) in [4.78, 5) is 40.6. The number of ether oxygens (including phenoxy) is 1. The quantitative estimate of drug-likeness (QED) is 0.485. The standard InChI is InChI=1S/C26H26N2O4S/c1-3-32-26(31)24-21(15-22(33-24)19-11-9-17(2)10-12-19)27-25(30)20-7-4-6-18(14-20)16-28-13-5-8-23(28)29/h4,6-7,9-12,14-15H,3,5,8,13,16H2,1-2H3,(H,27,30). The van der Waals surface area contributed by atoms with E-state index in [4.69, 9.17) is 4.74 Å². The van der Waals surface area contributed by atoms with E-state index >= 15 is 0 Å². The van der Waals surface area contributed by atoms with E-state index in [1.54, 1.807) is 19.1 Å². The lowest BCUT2D eigenvalue weighted by Crippen LogP contribution is -2.24. The smallest absolute Gasteiger partial charge is 0.350 e. The fraction of sp³-hybridized carbons (Fsp3) is 0.269. The third-order valence-electron chi connectivity index (χ3n) is 5.51. The van der Waals surface area contributed by atoms with Gasteiger partial charge in [0, 0.05) is 30.0 Å². The molecule has 33 heavy (non-hydrogen) atoms. The first-order valence-electron chi connectivity index (χ1n) is 11.0. The van der Waals surface area contributed by atoms with Crippen molar-refractivity contribution < 1.29 is 19.1 Å². The topological polar surface area (TPSA) is 75.7 Å². The van der Waals surface area contributed by atoms with Gasteiger partial charge in [-0.25, -0.2) is 4.79 Å². The number of carbonyl (C=O) groups excluding carboxylic acids is 3. The molecular weight excluding hydrogens is 436 g/mol. The number of hydrogen-bond acceptors (Lipinski definition) is 5. The maximum Gasteiger partial charge on any atom is 0.350 e. The van der Waals surface area contributed by atoms with Crippen LogP contribution in [0.3, 0.4) is 0 Å². The lowest BCUT2D eigenvalue weighted by atomic mass is 10.1. The second-order valence-corrected chi connectivity index (χ2v) is 9.07. The van der Waals surface area contributed by atoms with Crippen molar-refractivity contribution >= 4 is 34.8 Å². The third-order valence-corrected chi connectivity index (χ3v) is 6.68. The molecule has 1 N–H and O–H groups in total. The van der Waals surface area contributed by atoms with Crippen molar-refractivity contribution in [3.63, 3.8) is 0 Å². The number of nitrogens with one attached hydrogen (secondary N) is 1. The summed E-state index contributed by atoms with van der Waals surface area (Å²) in [6.07, 6.45) is 1.45. The Kier molecular flexibility index (Phi) is 6.89. The first-order chi connectivity index (χ1) is 15.9. The number of hydrogen-bond donors (Lipinski definition) is 1. The number of benzene rings is 2. The number of carbonyl (C=O) groups is 3. The minimum atomic E-state index is -0.461. The van der Waals surface area contributed by atoms with Gasteiger partial charge in [0.2, 0.25) is 5.91 Å². The van der Waals surface area contributed by atoms with Gasteiger partial charge in [0.25, 0.3) is 5.91 Å². The van der Waals surface area contributed by atoms with E-state index in [2.05, 4.69) is 5.32 Å². The van der Waals surface area contributed by atoms with Crippen molar-refractivity contribution in [1.82, 2.24) is 4.90 Å². The maximum atomic E-state index is 13.1. The molecule has 1 aromatic heterocycles. The van der Waals surface area contributed by atoms with Gasteiger partial charge >= 0.3 is 5.97 Å². The van der Waals surface area contributed by atoms with Gasteiger partial charge in [-0.1, -0.05) is 42.0 Å². The number of likely N-dealkylation sites (tertiary alicyclic amines) is 1. The molecule has 1 saturated heterocycles. The van der Waals surface area contributed by atoms with Gasteiger partial charge in [0.1, 0.15) is 4.88 Å². The minimum absolute atomic E-state index is 0.144. The van der Waals surface area contributed by atoms with Gasteiger partial charge in [0.15, 0.2) is 0 Å². The molecule has 1 fully saturated rings. The SMILES string of the molecule is CCOC(=O)c1sc(-c2ccc(C)cc2)cc1NC(=O)c1cccc(CN2CCCC2=O)c1. The molecule has 0 spiro atoms. The summed E-state index contributed by atoms with van der Waals surface area (Å²) in [5.41, 5.74) is 3.91. The predicted molar refractivity (Wildman–Crippen MR) is 129 cm³/mol. The molecule has 0 aliphatic carbocycles. The van der Waals surface area contributed by atoms with Gasteiger partial charge < -0.3 is 15.0 Å². The van der Waals surface area contributed by atoms with Gasteiger partial charge in [-0.05, 0) is 49.6 Å². The maximum absolute atomic E-state index is 13.1. The zero-order valence-electron chi connectivity index (χ0n) is 18.7. The largest absolute Gasteiger partial charge is 0.462 e. The molecule has 2 aromatic carbocycles. The third kappa shape index (κ3) is 5.31. The van der Waals surface area contributed by atoms with Crippen molar-refractivity contribution in [2.75, 3.05) is 18.5 Å². The van der Waals surface area contributed by atoms with Crippen LogP contribution < -0.4 is 5.32 Å². The summed E-state index contributed by atoms with van der Waals surface area (Å²) in [6.45, 7) is 5.25. The van der Waals surface area contributed by atoms with E-state index in [1.807, 2.05) is 54.3 Å². The lowest BCUT2D eigenvalue weighted by molar-refractivity contribution is -0.128. The van der Waals surface area contributed by atoms with E-state index in [0.717, 1.165) is 34.5 Å². The van der Waals surface area contributed by atoms with E-state index in [9.17, 15) is 14.4 Å².